The molecule has 0 amide bonds. The summed E-state index contributed by atoms with van der Waals surface area (Å²) in [5.41, 5.74) is 0.0682. The minimum atomic E-state index is 0.0682. The Morgan fingerprint density at radius 1 is 1.14 bits per heavy atom. The molecule has 1 N–H and O–H groups in total. The summed E-state index contributed by atoms with van der Waals surface area (Å²) in [6.45, 7) is 4.16. The zero-order chi connectivity index (χ0) is 10.0. The van der Waals surface area contributed by atoms with Gasteiger partial charge in [0.2, 0.25) is 0 Å². The molecule has 0 spiro atoms. The van der Waals surface area contributed by atoms with Crippen molar-refractivity contribution in [3.63, 3.8) is 0 Å². The van der Waals surface area contributed by atoms with Gasteiger partial charge in [-0.15, -0.1) is 0 Å². The van der Waals surface area contributed by atoms with Gasteiger partial charge < -0.3 is 14.8 Å². The van der Waals surface area contributed by atoms with Crippen LogP contribution in [-0.4, -0.2) is 38.0 Å². The molecule has 3 nitrogen and oxygen atoms in total. The highest BCUT2D eigenvalue weighted by atomic mass is 16.6. The van der Waals surface area contributed by atoms with Gasteiger partial charge in [0.05, 0.1) is 17.8 Å². The van der Waals surface area contributed by atoms with Crippen LogP contribution in [0.3, 0.4) is 0 Å². The van der Waals surface area contributed by atoms with Crippen molar-refractivity contribution in [1.29, 1.82) is 0 Å². The molecule has 0 bridgehead atoms. The van der Waals surface area contributed by atoms with Crippen LogP contribution in [-0.2, 0) is 9.47 Å². The highest BCUT2D eigenvalue weighted by Gasteiger charge is 2.38. The van der Waals surface area contributed by atoms with Gasteiger partial charge in [0.25, 0.3) is 0 Å². The van der Waals surface area contributed by atoms with E-state index >= 15 is 0 Å². The zero-order valence-electron chi connectivity index (χ0n) is 9.21. The minimum absolute atomic E-state index is 0.0682. The summed E-state index contributed by atoms with van der Waals surface area (Å²) in [4.78, 5) is 0. The number of rotatable bonds is 3. The fraction of sp³-hybridized carbons (Fsp3) is 1.00. The molecule has 1 aliphatic carbocycles. The van der Waals surface area contributed by atoms with E-state index < -0.39 is 0 Å². The SMILES string of the molecule is COC1CCCCC1OC1(C)CNC1. The Bertz CT molecular complexity index is 192. The lowest BCUT2D eigenvalue weighted by molar-refractivity contribution is -0.164. The van der Waals surface area contributed by atoms with Gasteiger partial charge in [-0.25, -0.2) is 0 Å². The van der Waals surface area contributed by atoms with Crippen molar-refractivity contribution in [2.24, 2.45) is 0 Å². The normalized spacial score (nSPS) is 36.4. The van der Waals surface area contributed by atoms with Crippen LogP contribution < -0.4 is 5.32 Å². The molecule has 1 aliphatic heterocycles. The van der Waals surface area contributed by atoms with E-state index in [0.29, 0.717) is 12.2 Å². The lowest BCUT2D eigenvalue weighted by Gasteiger charge is -2.44. The van der Waals surface area contributed by atoms with E-state index in [2.05, 4.69) is 12.2 Å². The van der Waals surface area contributed by atoms with E-state index in [0.717, 1.165) is 25.9 Å². The quantitative estimate of drug-likeness (QED) is 0.743. The fourth-order valence-electron chi connectivity index (χ4n) is 2.39. The maximum absolute atomic E-state index is 6.13. The molecule has 2 aliphatic rings. The number of methoxy groups -OCH3 is 1. The maximum atomic E-state index is 6.13. The monoisotopic (exact) mass is 199 g/mol. The summed E-state index contributed by atoms with van der Waals surface area (Å²) < 4.78 is 11.6. The van der Waals surface area contributed by atoms with Gasteiger partial charge in [0.1, 0.15) is 0 Å². The second kappa shape index (κ2) is 4.17. The summed E-state index contributed by atoms with van der Waals surface area (Å²) in [5.74, 6) is 0. The predicted molar refractivity (Wildman–Crippen MR) is 55.4 cm³/mol. The van der Waals surface area contributed by atoms with Crippen LogP contribution in [0, 0.1) is 0 Å². The van der Waals surface area contributed by atoms with Crippen molar-refractivity contribution in [2.45, 2.75) is 50.4 Å². The molecule has 0 aromatic carbocycles. The summed E-state index contributed by atoms with van der Waals surface area (Å²) >= 11 is 0. The summed E-state index contributed by atoms with van der Waals surface area (Å²) in [6.07, 6.45) is 5.53. The molecule has 0 aromatic heterocycles. The van der Waals surface area contributed by atoms with E-state index in [-0.39, 0.29) is 5.60 Å². The van der Waals surface area contributed by atoms with E-state index in [1.807, 2.05) is 0 Å². The second-order valence-electron chi connectivity index (χ2n) is 4.77. The molecular weight excluding hydrogens is 178 g/mol. The van der Waals surface area contributed by atoms with Crippen molar-refractivity contribution in [1.82, 2.24) is 5.32 Å². The van der Waals surface area contributed by atoms with Gasteiger partial charge in [0, 0.05) is 20.2 Å². The third kappa shape index (κ3) is 2.10. The predicted octanol–water partition coefficient (Wildman–Crippen LogP) is 1.32. The summed E-state index contributed by atoms with van der Waals surface area (Å²) in [7, 11) is 1.80. The molecule has 0 radical (unpaired) electrons. The van der Waals surface area contributed by atoms with Gasteiger partial charge in [0.15, 0.2) is 0 Å². The Morgan fingerprint density at radius 2 is 1.79 bits per heavy atom. The van der Waals surface area contributed by atoms with Crippen LogP contribution in [0.25, 0.3) is 0 Å². The Kier molecular flexibility index (Phi) is 3.10. The topological polar surface area (TPSA) is 30.5 Å². The molecular formula is C11H21NO2. The van der Waals surface area contributed by atoms with E-state index in [1.165, 1.54) is 12.8 Å². The number of ether oxygens (including phenoxy) is 2. The van der Waals surface area contributed by atoms with Crippen LogP contribution in [0.1, 0.15) is 32.6 Å². The van der Waals surface area contributed by atoms with Gasteiger partial charge >= 0.3 is 0 Å². The molecule has 2 rings (SSSR count). The van der Waals surface area contributed by atoms with Gasteiger partial charge in [-0.2, -0.15) is 0 Å². The Labute approximate surface area is 86.2 Å². The third-order valence-electron chi connectivity index (χ3n) is 3.38. The first-order chi connectivity index (χ1) is 6.73. The summed E-state index contributed by atoms with van der Waals surface area (Å²) in [6, 6.07) is 0. The lowest BCUT2D eigenvalue weighted by Crippen LogP contribution is -2.61. The molecule has 2 fully saturated rings. The van der Waals surface area contributed by atoms with Crippen LogP contribution in [0.5, 0.6) is 0 Å². The van der Waals surface area contributed by atoms with Crippen LogP contribution in [0.2, 0.25) is 0 Å². The maximum Gasteiger partial charge on any atom is 0.0906 e. The highest BCUT2D eigenvalue weighted by Crippen LogP contribution is 2.28. The van der Waals surface area contributed by atoms with Crippen LogP contribution >= 0.6 is 0 Å². The Balaban J connectivity index is 1.87. The highest BCUT2D eigenvalue weighted by molar-refractivity contribution is 4.92. The standard InChI is InChI=1S/C11H21NO2/c1-11(7-12-8-11)14-10-6-4-3-5-9(10)13-2/h9-10,12H,3-8H2,1-2H3. The van der Waals surface area contributed by atoms with E-state index in [1.54, 1.807) is 7.11 Å². The molecule has 2 unspecified atom stereocenters. The average molecular weight is 199 g/mol. The smallest absolute Gasteiger partial charge is 0.0906 e. The van der Waals surface area contributed by atoms with E-state index in [9.17, 15) is 0 Å². The zero-order valence-corrected chi connectivity index (χ0v) is 9.21. The van der Waals surface area contributed by atoms with Crippen LogP contribution in [0.15, 0.2) is 0 Å². The minimum Gasteiger partial charge on any atom is -0.379 e. The van der Waals surface area contributed by atoms with Crippen molar-refractivity contribution < 1.29 is 9.47 Å². The first kappa shape index (κ1) is 10.4. The summed E-state index contributed by atoms with van der Waals surface area (Å²) in [5, 5.41) is 3.26. The average Bonchev–Trinajstić information content (AvgIpc) is 2.16. The molecule has 1 saturated carbocycles. The molecule has 3 heteroatoms. The fourth-order valence-corrected chi connectivity index (χ4v) is 2.39. The van der Waals surface area contributed by atoms with E-state index in [4.69, 9.17) is 9.47 Å². The largest absolute Gasteiger partial charge is 0.379 e. The second-order valence-corrected chi connectivity index (χ2v) is 4.77. The van der Waals surface area contributed by atoms with Crippen LogP contribution in [0.4, 0.5) is 0 Å². The molecule has 82 valence electrons. The third-order valence-corrected chi connectivity index (χ3v) is 3.38. The Hall–Kier alpha value is -0.120. The van der Waals surface area contributed by atoms with Crippen molar-refractivity contribution in [3.05, 3.63) is 0 Å². The van der Waals surface area contributed by atoms with Gasteiger partial charge in [-0.1, -0.05) is 12.8 Å². The molecule has 2 atom stereocenters. The van der Waals surface area contributed by atoms with Crippen molar-refractivity contribution in [2.75, 3.05) is 20.2 Å². The number of nitrogens with one attached hydrogen (secondary N) is 1. The number of hydrogen-bond acceptors (Lipinski definition) is 3. The first-order valence-corrected chi connectivity index (χ1v) is 5.65. The molecule has 14 heavy (non-hydrogen) atoms. The number of hydrogen-bond donors (Lipinski definition) is 1. The van der Waals surface area contributed by atoms with Gasteiger partial charge in [-0.05, 0) is 19.8 Å². The molecule has 1 heterocycles. The molecule has 1 saturated heterocycles. The van der Waals surface area contributed by atoms with Crippen molar-refractivity contribution >= 4 is 0 Å². The van der Waals surface area contributed by atoms with Gasteiger partial charge in [-0.3, -0.25) is 0 Å². The molecule has 0 aromatic rings. The lowest BCUT2D eigenvalue weighted by atomic mass is 9.92. The van der Waals surface area contributed by atoms with Crippen molar-refractivity contribution in [3.8, 4) is 0 Å². The first-order valence-electron chi connectivity index (χ1n) is 5.65. The Morgan fingerprint density at radius 3 is 2.29 bits per heavy atom.